The van der Waals surface area contributed by atoms with Gasteiger partial charge in [-0.05, 0) is 0 Å². The van der Waals surface area contributed by atoms with Crippen LogP contribution in [0.4, 0.5) is 0 Å². The van der Waals surface area contributed by atoms with Crippen LogP contribution in [-0.4, -0.2) is 239 Å². The first kappa shape index (κ1) is 46.3. The molecule has 15 N–H and O–H groups in total. The van der Waals surface area contributed by atoms with Crippen molar-refractivity contribution in [3.8, 4) is 0 Å². The van der Waals surface area contributed by atoms with Gasteiger partial charge in [-0.15, -0.1) is 0 Å². The summed E-state index contributed by atoms with van der Waals surface area (Å²) in [5.74, 6) is -6.58. The topological polar surface area (TPSA) is 403 Å². The van der Waals surface area contributed by atoms with E-state index in [4.69, 9.17) is 33.2 Å². The Morgan fingerprint density at radius 1 is 0.714 bits per heavy atom. The minimum Gasteiger partial charge on any atom is -0.477 e. The fourth-order valence-electron chi connectivity index (χ4n) is 7.00. The fraction of sp³-hybridized carbons (Fsp3) is 0.903. The number of aliphatic hydroxyl groups excluding tert-OH is 12. The second kappa shape index (κ2) is 19.6. The molecule has 20 atom stereocenters. The first-order valence-electron chi connectivity index (χ1n) is 17.6. The van der Waals surface area contributed by atoms with Crippen LogP contribution in [-0.2, 0) is 47.5 Å². The highest BCUT2D eigenvalue weighted by Crippen LogP contribution is 2.38. The molecule has 0 aromatic carbocycles. The lowest BCUT2D eigenvalue weighted by Gasteiger charge is -2.51. The van der Waals surface area contributed by atoms with Gasteiger partial charge in [0.05, 0.1) is 45.2 Å². The summed E-state index contributed by atoms with van der Waals surface area (Å²) in [4.78, 5) is 37.4. The van der Waals surface area contributed by atoms with Crippen LogP contribution in [0.5, 0.6) is 0 Å². The summed E-state index contributed by atoms with van der Waals surface area (Å²) in [6, 6.07) is -3.26. The van der Waals surface area contributed by atoms with Crippen molar-refractivity contribution >= 4 is 17.8 Å². The number of amides is 2. The van der Waals surface area contributed by atoms with E-state index in [0.29, 0.717) is 0 Å². The molecule has 0 saturated carbocycles. The number of aliphatic hydroxyl groups is 12. The van der Waals surface area contributed by atoms with Gasteiger partial charge in [0.1, 0.15) is 91.5 Å². The van der Waals surface area contributed by atoms with Crippen LogP contribution >= 0.6 is 0 Å². The Morgan fingerprint density at radius 2 is 1.27 bits per heavy atom. The number of hydrogen-bond acceptors (Lipinski definition) is 22. The quantitative estimate of drug-likeness (QED) is 0.0729. The van der Waals surface area contributed by atoms with Gasteiger partial charge in [-0.3, -0.25) is 9.59 Å². The van der Waals surface area contributed by atoms with Crippen LogP contribution < -0.4 is 10.6 Å². The number of carboxylic acids is 1. The zero-order chi connectivity index (χ0) is 41.8. The number of carbonyl (C=O) groups is 3. The monoisotopic (exact) mass is 820 g/mol. The van der Waals surface area contributed by atoms with Gasteiger partial charge in [0.25, 0.3) is 5.79 Å². The number of aliphatic carboxylic acids is 1. The zero-order valence-electron chi connectivity index (χ0n) is 30.1. The van der Waals surface area contributed by atoms with E-state index in [1.807, 2.05) is 0 Å². The summed E-state index contributed by atoms with van der Waals surface area (Å²) in [5, 5.41) is 140. The number of ether oxygens (including phenoxy) is 7. The average Bonchev–Trinajstić information content (AvgIpc) is 3.15. The second-order valence-corrected chi connectivity index (χ2v) is 13.9. The smallest absolute Gasteiger partial charge is 0.364 e. The Bertz CT molecular complexity index is 1320. The van der Waals surface area contributed by atoms with Gasteiger partial charge in [-0.25, -0.2) is 4.79 Å². The fourth-order valence-corrected chi connectivity index (χ4v) is 7.00. The van der Waals surface area contributed by atoms with Crippen molar-refractivity contribution in [2.24, 2.45) is 0 Å². The maximum Gasteiger partial charge on any atom is 0.364 e. The van der Waals surface area contributed by atoms with Gasteiger partial charge in [0.15, 0.2) is 12.6 Å². The Balaban J connectivity index is 1.72. The number of carbonyl (C=O) groups excluding carboxylic acids is 2. The van der Waals surface area contributed by atoms with Crippen LogP contribution in [0.2, 0.25) is 0 Å². The molecule has 4 aliphatic rings. The molecule has 25 nitrogen and oxygen atoms in total. The van der Waals surface area contributed by atoms with Gasteiger partial charge < -0.3 is 110 Å². The molecule has 4 fully saturated rings. The van der Waals surface area contributed by atoms with Crippen molar-refractivity contribution in [1.29, 1.82) is 0 Å². The summed E-state index contributed by atoms with van der Waals surface area (Å²) in [6.45, 7) is -2.38. The molecule has 4 saturated heterocycles. The van der Waals surface area contributed by atoms with Crippen molar-refractivity contribution in [1.82, 2.24) is 10.6 Å². The maximum atomic E-state index is 13.0. The van der Waals surface area contributed by atoms with Crippen molar-refractivity contribution < 1.29 is 114 Å². The molecule has 25 heteroatoms. The van der Waals surface area contributed by atoms with Gasteiger partial charge in [-0.2, -0.15) is 0 Å². The van der Waals surface area contributed by atoms with Crippen molar-refractivity contribution in [2.45, 2.75) is 142 Å². The summed E-state index contributed by atoms with van der Waals surface area (Å²) in [6.07, 6.45) is -32.5. The highest BCUT2D eigenvalue weighted by atomic mass is 16.8. The predicted octanol–water partition coefficient (Wildman–Crippen LogP) is -9.57. The van der Waals surface area contributed by atoms with E-state index in [9.17, 15) is 80.8 Å². The van der Waals surface area contributed by atoms with Crippen molar-refractivity contribution in [3.05, 3.63) is 0 Å². The van der Waals surface area contributed by atoms with Gasteiger partial charge in [0.2, 0.25) is 11.8 Å². The lowest BCUT2D eigenvalue weighted by Crippen LogP contribution is -2.71. The van der Waals surface area contributed by atoms with Gasteiger partial charge >= 0.3 is 5.97 Å². The Kier molecular flexibility index (Phi) is 16.2. The molecule has 0 aromatic heterocycles. The normalized spacial score (nSPS) is 44.4. The number of rotatable bonds is 15. The second-order valence-electron chi connectivity index (χ2n) is 13.9. The first-order valence-corrected chi connectivity index (χ1v) is 17.6. The lowest BCUT2D eigenvalue weighted by molar-refractivity contribution is -0.374. The van der Waals surface area contributed by atoms with E-state index in [2.05, 4.69) is 10.6 Å². The van der Waals surface area contributed by atoms with E-state index < -0.39 is 179 Å². The molecule has 4 rings (SSSR count). The molecule has 0 spiro atoms. The molecule has 0 unspecified atom stereocenters. The summed E-state index contributed by atoms with van der Waals surface area (Å²) >= 11 is 0. The third kappa shape index (κ3) is 9.91. The summed E-state index contributed by atoms with van der Waals surface area (Å²) in [7, 11) is 0. The predicted molar refractivity (Wildman–Crippen MR) is 173 cm³/mol. The molecule has 0 radical (unpaired) electrons. The molecule has 324 valence electrons. The highest BCUT2D eigenvalue weighted by Gasteiger charge is 2.60. The summed E-state index contributed by atoms with van der Waals surface area (Å²) < 4.78 is 40.1. The van der Waals surface area contributed by atoms with Crippen LogP contribution in [0.1, 0.15) is 20.3 Å². The van der Waals surface area contributed by atoms with Crippen LogP contribution in [0.25, 0.3) is 0 Å². The van der Waals surface area contributed by atoms with E-state index in [1.54, 1.807) is 0 Å². The molecule has 56 heavy (non-hydrogen) atoms. The minimum atomic E-state index is -3.04. The van der Waals surface area contributed by atoms with Crippen molar-refractivity contribution in [2.75, 3.05) is 33.0 Å². The molecule has 2 amide bonds. The molecule has 0 bridgehead atoms. The van der Waals surface area contributed by atoms with Crippen molar-refractivity contribution in [3.63, 3.8) is 0 Å². The third-order valence-electron chi connectivity index (χ3n) is 9.90. The molecule has 4 aliphatic heterocycles. The number of nitrogens with one attached hydrogen (secondary N) is 2. The molecular formula is C31H52N2O23. The van der Waals surface area contributed by atoms with E-state index in [1.165, 1.54) is 0 Å². The zero-order valence-corrected chi connectivity index (χ0v) is 30.1. The van der Waals surface area contributed by atoms with Crippen LogP contribution in [0.3, 0.4) is 0 Å². The first-order chi connectivity index (χ1) is 26.3. The highest BCUT2D eigenvalue weighted by molar-refractivity contribution is 5.76. The standard InChI is InChI=1S/C31H52N2O23/c1-9(38)32-17-11(40)3-31(30(48)49,56-27(17)19(43)12(41)4-34)55-24-13(42)8-50-16(7-37)25(24)53-28-18(33-10(2)39)26(21(45)15(6-36)51-28)54-29-23(47)22(46)20(44)14(5-35)52-29/h11-29,34-37,40-47H,3-8H2,1-2H3,(H,32,38)(H,33,39)(H,48,49)/t11-,12+,13-,14+,15+,16+,17+,18+,19+,20-,21-,22-,23+,24+,25-,26+,27+,28-,29-,31+/m0/s1. The Labute approximate surface area is 317 Å². The maximum absolute atomic E-state index is 13.0. The Morgan fingerprint density at radius 3 is 1.82 bits per heavy atom. The molecule has 0 aliphatic carbocycles. The number of carboxylic acid groups (broad SMARTS) is 1. The van der Waals surface area contributed by atoms with Gasteiger partial charge in [-0.1, -0.05) is 0 Å². The van der Waals surface area contributed by atoms with Crippen LogP contribution in [0.15, 0.2) is 0 Å². The lowest BCUT2D eigenvalue weighted by atomic mass is 9.88. The average molecular weight is 821 g/mol. The Hall–Kier alpha value is -2.35. The van der Waals surface area contributed by atoms with E-state index >= 15 is 0 Å². The third-order valence-corrected chi connectivity index (χ3v) is 9.90. The van der Waals surface area contributed by atoms with E-state index in [0.717, 1.165) is 13.8 Å². The molecular weight excluding hydrogens is 768 g/mol. The molecule has 4 heterocycles. The van der Waals surface area contributed by atoms with E-state index in [-0.39, 0.29) is 0 Å². The SMILES string of the molecule is CC(=O)N[C@H]1[C@H](O[C@@H]2[C@H](O[C@]3(C(=O)O)C[C@H](O)[C@@H](NC(C)=O)[C@H]([C@H](O)[C@H](O)CO)O3)[C@@H](O)CO[C@@H]2CO)O[C@H](CO)[C@H](O)[C@@H]1O[C@@H]1O[C@H](CO)[C@H](O)[C@H](O)[C@H]1O. The van der Waals surface area contributed by atoms with Crippen LogP contribution in [0, 0.1) is 0 Å². The minimum absolute atomic E-state index is 0.640. The largest absolute Gasteiger partial charge is 0.477 e. The summed E-state index contributed by atoms with van der Waals surface area (Å²) in [5.41, 5.74) is 0. The molecule has 0 aromatic rings. The van der Waals surface area contributed by atoms with Gasteiger partial charge in [0, 0.05) is 20.3 Å². The number of hydrogen-bond donors (Lipinski definition) is 15.